The first kappa shape index (κ1) is 12.1. The predicted molar refractivity (Wildman–Crippen MR) is 69.8 cm³/mol. The van der Waals surface area contributed by atoms with E-state index in [-0.39, 0.29) is 11.7 Å². The summed E-state index contributed by atoms with van der Waals surface area (Å²) in [5, 5.41) is 12.2. The lowest BCUT2D eigenvalue weighted by Gasteiger charge is -2.06. The summed E-state index contributed by atoms with van der Waals surface area (Å²) in [4.78, 5) is 16.0. The van der Waals surface area contributed by atoms with Crippen LogP contribution in [-0.4, -0.2) is 16.0 Å². The lowest BCUT2D eigenvalue weighted by atomic mass is 10.1. The number of carbonyl (C=O) groups excluding carboxylic acids is 1. The van der Waals surface area contributed by atoms with Crippen LogP contribution in [0.2, 0.25) is 0 Å². The number of hydrogen-bond donors (Lipinski definition) is 2. The van der Waals surface area contributed by atoms with Crippen LogP contribution in [0, 0.1) is 13.8 Å². The number of nitrogens with one attached hydrogen (secondary N) is 1. The Kier molecular flexibility index (Phi) is 3.28. The lowest BCUT2D eigenvalue weighted by Crippen LogP contribution is -2.12. The molecule has 0 aliphatic rings. The van der Waals surface area contributed by atoms with Crippen LogP contribution in [0.5, 0.6) is 5.75 Å². The van der Waals surface area contributed by atoms with Gasteiger partial charge in [-0.15, -0.1) is 0 Å². The summed E-state index contributed by atoms with van der Waals surface area (Å²) >= 11 is 0. The number of aromatic hydroxyl groups is 1. The predicted octanol–water partition coefficient (Wildman–Crippen LogP) is 2.66. The number of amides is 1. The van der Waals surface area contributed by atoms with E-state index in [1.54, 1.807) is 31.5 Å². The second-order valence-electron chi connectivity index (χ2n) is 4.21. The van der Waals surface area contributed by atoms with E-state index in [2.05, 4.69) is 10.3 Å². The number of hydrogen-bond acceptors (Lipinski definition) is 3. The standard InChI is InChI=1S/C14H14N2O2/c1-9-5-12(8-15-7-9)16-14(18)11-3-4-13(17)10(2)6-11/h3-8,17H,1-2H3,(H,16,18). The molecule has 0 saturated heterocycles. The van der Waals surface area contributed by atoms with E-state index in [1.165, 1.54) is 6.07 Å². The van der Waals surface area contributed by atoms with Crippen molar-refractivity contribution in [2.24, 2.45) is 0 Å². The molecule has 1 amide bonds. The Morgan fingerprint density at radius 1 is 1.22 bits per heavy atom. The summed E-state index contributed by atoms with van der Waals surface area (Å²) in [5.74, 6) is -0.0331. The molecule has 1 aromatic heterocycles. The van der Waals surface area contributed by atoms with Gasteiger partial charge in [-0.25, -0.2) is 0 Å². The van der Waals surface area contributed by atoms with E-state index in [0.717, 1.165) is 5.56 Å². The van der Waals surface area contributed by atoms with Crippen molar-refractivity contribution in [2.45, 2.75) is 13.8 Å². The van der Waals surface area contributed by atoms with Crippen LogP contribution in [0.15, 0.2) is 36.7 Å². The van der Waals surface area contributed by atoms with Crippen molar-refractivity contribution in [2.75, 3.05) is 5.32 Å². The van der Waals surface area contributed by atoms with E-state index in [1.807, 2.05) is 13.0 Å². The van der Waals surface area contributed by atoms with Gasteiger partial charge in [-0.2, -0.15) is 0 Å². The minimum absolute atomic E-state index is 0.184. The molecule has 0 radical (unpaired) electrons. The molecular weight excluding hydrogens is 228 g/mol. The number of benzene rings is 1. The summed E-state index contributed by atoms with van der Waals surface area (Å²) in [6, 6.07) is 6.59. The fraction of sp³-hybridized carbons (Fsp3) is 0.143. The van der Waals surface area contributed by atoms with Gasteiger partial charge >= 0.3 is 0 Å². The van der Waals surface area contributed by atoms with Gasteiger partial charge in [0, 0.05) is 11.8 Å². The van der Waals surface area contributed by atoms with Gasteiger partial charge < -0.3 is 10.4 Å². The highest BCUT2D eigenvalue weighted by Crippen LogP contribution is 2.18. The summed E-state index contributed by atoms with van der Waals surface area (Å²) in [7, 11) is 0. The molecule has 4 nitrogen and oxygen atoms in total. The molecule has 0 unspecified atom stereocenters. The third-order valence-electron chi connectivity index (χ3n) is 2.59. The number of phenols is 1. The van der Waals surface area contributed by atoms with Crippen molar-refractivity contribution in [1.29, 1.82) is 0 Å². The zero-order valence-corrected chi connectivity index (χ0v) is 10.3. The van der Waals surface area contributed by atoms with Crippen LogP contribution in [0.25, 0.3) is 0 Å². The zero-order valence-electron chi connectivity index (χ0n) is 10.3. The maximum atomic E-state index is 12.0. The van der Waals surface area contributed by atoms with Gasteiger partial charge in [0.1, 0.15) is 5.75 Å². The Labute approximate surface area is 105 Å². The van der Waals surface area contributed by atoms with Crippen molar-refractivity contribution < 1.29 is 9.90 Å². The van der Waals surface area contributed by atoms with Crippen LogP contribution >= 0.6 is 0 Å². The first-order chi connectivity index (χ1) is 8.56. The zero-order chi connectivity index (χ0) is 13.1. The Balaban J connectivity index is 2.19. The molecule has 0 fully saturated rings. The van der Waals surface area contributed by atoms with E-state index < -0.39 is 0 Å². The Hall–Kier alpha value is -2.36. The number of pyridine rings is 1. The Morgan fingerprint density at radius 3 is 2.67 bits per heavy atom. The molecule has 2 N–H and O–H groups in total. The van der Waals surface area contributed by atoms with Gasteiger partial charge in [-0.1, -0.05) is 0 Å². The molecule has 0 atom stereocenters. The normalized spacial score (nSPS) is 10.1. The largest absolute Gasteiger partial charge is 0.508 e. The number of aryl methyl sites for hydroxylation is 2. The molecule has 0 spiro atoms. The summed E-state index contributed by atoms with van der Waals surface area (Å²) in [6.45, 7) is 3.66. The number of nitrogens with zero attached hydrogens (tertiary/aromatic N) is 1. The Bertz CT molecular complexity index is 594. The average Bonchev–Trinajstić information content (AvgIpc) is 2.32. The van der Waals surface area contributed by atoms with Crippen molar-refractivity contribution in [3.8, 4) is 5.75 Å². The average molecular weight is 242 g/mol. The van der Waals surface area contributed by atoms with E-state index in [9.17, 15) is 9.90 Å². The van der Waals surface area contributed by atoms with Crippen LogP contribution in [0.1, 0.15) is 21.5 Å². The highest BCUT2D eigenvalue weighted by atomic mass is 16.3. The minimum Gasteiger partial charge on any atom is -0.508 e. The molecule has 2 aromatic rings. The lowest BCUT2D eigenvalue weighted by molar-refractivity contribution is 0.102. The van der Waals surface area contributed by atoms with Crippen molar-refractivity contribution >= 4 is 11.6 Å². The highest BCUT2D eigenvalue weighted by Gasteiger charge is 2.08. The van der Waals surface area contributed by atoms with Crippen LogP contribution in [-0.2, 0) is 0 Å². The SMILES string of the molecule is Cc1cncc(NC(=O)c2ccc(O)c(C)c2)c1. The maximum absolute atomic E-state index is 12.0. The van der Waals surface area contributed by atoms with Gasteiger partial charge in [0.15, 0.2) is 0 Å². The first-order valence-electron chi connectivity index (χ1n) is 5.59. The van der Waals surface area contributed by atoms with Gasteiger partial charge in [-0.05, 0) is 49.2 Å². The molecule has 4 heteroatoms. The van der Waals surface area contributed by atoms with Crippen molar-refractivity contribution in [3.05, 3.63) is 53.3 Å². The fourth-order valence-corrected chi connectivity index (χ4v) is 1.62. The third-order valence-corrected chi connectivity index (χ3v) is 2.59. The number of carbonyl (C=O) groups is 1. The number of phenolic OH excluding ortho intramolecular Hbond substituents is 1. The van der Waals surface area contributed by atoms with E-state index >= 15 is 0 Å². The smallest absolute Gasteiger partial charge is 0.255 e. The summed E-state index contributed by atoms with van der Waals surface area (Å²) in [6.07, 6.45) is 3.32. The second-order valence-corrected chi connectivity index (χ2v) is 4.21. The first-order valence-corrected chi connectivity index (χ1v) is 5.59. The monoisotopic (exact) mass is 242 g/mol. The maximum Gasteiger partial charge on any atom is 0.255 e. The number of rotatable bonds is 2. The molecule has 18 heavy (non-hydrogen) atoms. The molecular formula is C14H14N2O2. The van der Waals surface area contributed by atoms with Gasteiger partial charge in [0.25, 0.3) is 5.91 Å². The fourth-order valence-electron chi connectivity index (χ4n) is 1.62. The summed E-state index contributed by atoms with van der Waals surface area (Å²) < 4.78 is 0. The quantitative estimate of drug-likeness (QED) is 0.851. The van der Waals surface area contributed by atoms with Crippen molar-refractivity contribution in [3.63, 3.8) is 0 Å². The van der Waals surface area contributed by atoms with Crippen molar-refractivity contribution in [1.82, 2.24) is 4.98 Å². The molecule has 0 saturated carbocycles. The second kappa shape index (κ2) is 4.87. The molecule has 2 rings (SSSR count). The Morgan fingerprint density at radius 2 is 2.00 bits per heavy atom. The third kappa shape index (κ3) is 2.66. The van der Waals surface area contributed by atoms with Crippen LogP contribution in [0.3, 0.4) is 0 Å². The van der Waals surface area contributed by atoms with E-state index in [4.69, 9.17) is 0 Å². The highest BCUT2D eigenvalue weighted by molar-refractivity contribution is 6.04. The van der Waals surface area contributed by atoms with Crippen LogP contribution in [0.4, 0.5) is 5.69 Å². The summed E-state index contributed by atoms with van der Waals surface area (Å²) in [5.41, 5.74) is 2.82. The van der Waals surface area contributed by atoms with Crippen LogP contribution < -0.4 is 5.32 Å². The van der Waals surface area contributed by atoms with E-state index in [0.29, 0.717) is 16.8 Å². The molecule has 1 heterocycles. The molecule has 1 aromatic carbocycles. The molecule has 0 aliphatic heterocycles. The molecule has 0 aliphatic carbocycles. The molecule has 92 valence electrons. The topological polar surface area (TPSA) is 62.2 Å². The van der Waals surface area contributed by atoms with Gasteiger partial charge in [-0.3, -0.25) is 9.78 Å². The molecule has 0 bridgehead atoms. The minimum atomic E-state index is -0.217. The number of aromatic nitrogens is 1. The number of anilines is 1. The van der Waals surface area contributed by atoms with Gasteiger partial charge in [0.05, 0.1) is 11.9 Å². The van der Waals surface area contributed by atoms with Gasteiger partial charge in [0.2, 0.25) is 0 Å².